The molecule has 0 saturated heterocycles. The quantitative estimate of drug-likeness (QED) is 0.758. The second kappa shape index (κ2) is 6.94. The predicted molar refractivity (Wildman–Crippen MR) is 94.3 cm³/mol. The number of rotatable bonds is 7. The Balaban J connectivity index is 1.97. The van der Waals surface area contributed by atoms with E-state index in [2.05, 4.69) is 4.72 Å². The Hall–Kier alpha value is -1.62. The van der Waals surface area contributed by atoms with Gasteiger partial charge in [0.2, 0.25) is 16.8 Å². The highest BCUT2D eigenvalue weighted by atomic mass is 32.2. The maximum Gasteiger partial charge on any atom is 0.231 e. The molecule has 25 heavy (non-hydrogen) atoms. The fourth-order valence-electron chi connectivity index (χ4n) is 2.36. The molecule has 136 valence electrons. The smallest absolute Gasteiger partial charge is 0.231 e. The summed E-state index contributed by atoms with van der Waals surface area (Å²) in [6.07, 6.45) is 0. The minimum Gasteiger partial charge on any atom is -0.454 e. The molecule has 0 amide bonds. The van der Waals surface area contributed by atoms with E-state index < -0.39 is 25.1 Å². The van der Waals surface area contributed by atoms with Crippen LogP contribution in [-0.2, 0) is 19.9 Å². The first-order valence-electron chi connectivity index (χ1n) is 7.48. The van der Waals surface area contributed by atoms with Gasteiger partial charge in [-0.2, -0.15) is 0 Å². The van der Waals surface area contributed by atoms with E-state index in [0.717, 1.165) is 0 Å². The van der Waals surface area contributed by atoms with Gasteiger partial charge in [-0.3, -0.25) is 0 Å². The SMILES string of the molecule is CCS(=O)(=O)NC[C@H](c1cccs1)S(=O)(=O)c1ccc2c(c1)OCO2. The summed E-state index contributed by atoms with van der Waals surface area (Å²) in [5, 5.41) is 0.737. The highest BCUT2D eigenvalue weighted by molar-refractivity contribution is 7.92. The summed E-state index contributed by atoms with van der Waals surface area (Å²) in [5.74, 6) is 0.729. The average molecular weight is 404 g/mol. The number of thiophene rings is 1. The van der Waals surface area contributed by atoms with E-state index in [-0.39, 0.29) is 24.0 Å². The molecule has 1 aliphatic rings. The first-order valence-corrected chi connectivity index (χ1v) is 11.6. The zero-order valence-electron chi connectivity index (χ0n) is 13.3. The van der Waals surface area contributed by atoms with Gasteiger partial charge in [-0.25, -0.2) is 21.6 Å². The molecule has 0 radical (unpaired) electrons. The van der Waals surface area contributed by atoms with Gasteiger partial charge in [-0.05, 0) is 30.5 Å². The molecule has 0 fully saturated rings. The molecule has 0 aliphatic carbocycles. The standard InChI is InChI=1S/C15H17NO6S3/c1-2-24(17,18)16-9-15(14-4-3-7-23-14)25(19,20)11-5-6-12-13(8-11)22-10-21-12/h3-8,15-16H,2,9-10H2,1H3/t15-/m1/s1. The number of fused-ring (bicyclic) bond motifs is 1. The largest absolute Gasteiger partial charge is 0.454 e. The van der Waals surface area contributed by atoms with Crippen molar-refractivity contribution in [2.75, 3.05) is 19.1 Å². The molecule has 0 unspecified atom stereocenters. The fourth-order valence-corrected chi connectivity index (χ4v) is 5.89. The van der Waals surface area contributed by atoms with Crippen molar-refractivity contribution < 1.29 is 26.3 Å². The first kappa shape index (κ1) is 18.2. The van der Waals surface area contributed by atoms with E-state index in [1.165, 1.54) is 36.5 Å². The molecule has 1 aliphatic heterocycles. The molecule has 7 nitrogen and oxygen atoms in total. The van der Waals surface area contributed by atoms with E-state index in [1.807, 2.05) is 0 Å². The number of sulfonamides is 1. The first-order chi connectivity index (χ1) is 11.8. The van der Waals surface area contributed by atoms with Crippen molar-refractivity contribution in [3.63, 3.8) is 0 Å². The van der Waals surface area contributed by atoms with Crippen LogP contribution in [0, 0.1) is 0 Å². The molecule has 1 atom stereocenters. The van der Waals surface area contributed by atoms with Gasteiger partial charge in [0.15, 0.2) is 21.3 Å². The summed E-state index contributed by atoms with van der Waals surface area (Å²) in [6.45, 7) is 1.31. The van der Waals surface area contributed by atoms with Crippen molar-refractivity contribution in [2.45, 2.75) is 17.1 Å². The van der Waals surface area contributed by atoms with E-state index in [1.54, 1.807) is 17.5 Å². The summed E-state index contributed by atoms with van der Waals surface area (Å²) in [4.78, 5) is 0.627. The third kappa shape index (κ3) is 3.81. The summed E-state index contributed by atoms with van der Waals surface area (Å²) in [6, 6.07) is 7.80. The summed E-state index contributed by atoms with van der Waals surface area (Å²) in [7, 11) is -7.34. The van der Waals surface area contributed by atoms with Crippen LogP contribution in [0.3, 0.4) is 0 Å². The van der Waals surface area contributed by atoms with Crippen molar-refractivity contribution in [2.24, 2.45) is 0 Å². The molecule has 1 aromatic carbocycles. The maximum absolute atomic E-state index is 13.1. The lowest BCUT2D eigenvalue weighted by Gasteiger charge is -2.17. The number of hydrogen-bond donors (Lipinski definition) is 1. The van der Waals surface area contributed by atoms with Crippen LogP contribution in [0.4, 0.5) is 0 Å². The lowest BCUT2D eigenvalue weighted by Crippen LogP contribution is -2.32. The Labute approximate surface area is 150 Å². The number of hydrogen-bond acceptors (Lipinski definition) is 7. The Morgan fingerprint density at radius 3 is 2.60 bits per heavy atom. The number of nitrogens with one attached hydrogen (secondary N) is 1. The molecule has 1 aromatic heterocycles. The molecule has 3 rings (SSSR count). The zero-order valence-corrected chi connectivity index (χ0v) is 15.8. The normalized spacial score (nSPS) is 15.2. The monoisotopic (exact) mass is 403 g/mol. The molecule has 0 bridgehead atoms. The highest BCUT2D eigenvalue weighted by Gasteiger charge is 2.32. The van der Waals surface area contributed by atoms with Crippen LogP contribution in [-0.4, -0.2) is 35.9 Å². The topological polar surface area (TPSA) is 98.8 Å². The number of ether oxygens (including phenoxy) is 2. The van der Waals surface area contributed by atoms with Gasteiger partial charge in [0.25, 0.3) is 0 Å². The van der Waals surface area contributed by atoms with Crippen LogP contribution in [0.1, 0.15) is 17.1 Å². The number of sulfone groups is 1. The van der Waals surface area contributed by atoms with Crippen LogP contribution >= 0.6 is 11.3 Å². The van der Waals surface area contributed by atoms with Crippen LogP contribution < -0.4 is 14.2 Å². The summed E-state index contributed by atoms with van der Waals surface area (Å²) < 4.78 is 62.5. The molecule has 2 aromatic rings. The molecular formula is C15H17NO6S3. The Morgan fingerprint density at radius 1 is 1.16 bits per heavy atom. The Kier molecular flexibility index (Phi) is 5.05. The Bertz CT molecular complexity index is 951. The van der Waals surface area contributed by atoms with Gasteiger partial charge in [-0.1, -0.05) is 6.07 Å². The van der Waals surface area contributed by atoms with Crippen molar-refractivity contribution in [1.29, 1.82) is 0 Å². The third-order valence-corrected chi connectivity index (χ3v) is 8.36. The van der Waals surface area contributed by atoms with Gasteiger partial charge in [-0.15, -0.1) is 11.3 Å². The van der Waals surface area contributed by atoms with Crippen molar-refractivity contribution in [1.82, 2.24) is 4.72 Å². The Morgan fingerprint density at radius 2 is 1.92 bits per heavy atom. The van der Waals surface area contributed by atoms with Crippen LogP contribution in [0.5, 0.6) is 11.5 Å². The van der Waals surface area contributed by atoms with Crippen LogP contribution in [0.25, 0.3) is 0 Å². The zero-order chi connectivity index (χ0) is 18.1. The van der Waals surface area contributed by atoms with E-state index in [0.29, 0.717) is 16.4 Å². The molecule has 2 heterocycles. The minimum absolute atomic E-state index is 0.0451. The average Bonchev–Trinajstić information content (AvgIpc) is 3.25. The highest BCUT2D eigenvalue weighted by Crippen LogP contribution is 2.38. The third-order valence-electron chi connectivity index (χ3n) is 3.78. The van der Waals surface area contributed by atoms with Gasteiger partial charge < -0.3 is 9.47 Å². The van der Waals surface area contributed by atoms with Crippen LogP contribution in [0.15, 0.2) is 40.6 Å². The van der Waals surface area contributed by atoms with Gasteiger partial charge in [0.05, 0.1) is 10.6 Å². The van der Waals surface area contributed by atoms with E-state index in [4.69, 9.17) is 9.47 Å². The number of benzene rings is 1. The fraction of sp³-hybridized carbons (Fsp3) is 0.333. The van der Waals surface area contributed by atoms with E-state index >= 15 is 0 Å². The predicted octanol–water partition coefficient (Wildman–Crippen LogP) is 1.93. The lowest BCUT2D eigenvalue weighted by atomic mass is 10.3. The molecule has 1 N–H and O–H groups in total. The van der Waals surface area contributed by atoms with Crippen molar-refractivity contribution in [3.05, 3.63) is 40.6 Å². The summed E-state index contributed by atoms with van der Waals surface area (Å²) >= 11 is 1.27. The lowest BCUT2D eigenvalue weighted by molar-refractivity contribution is 0.174. The molecule has 10 heteroatoms. The van der Waals surface area contributed by atoms with Gasteiger partial charge >= 0.3 is 0 Å². The van der Waals surface area contributed by atoms with E-state index in [9.17, 15) is 16.8 Å². The van der Waals surface area contributed by atoms with Crippen molar-refractivity contribution >= 4 is 31.2 Å². The maximum atomic E-state index is 13.1. The summed E-state index contributed by atoms with van der Waals surface area (Å²) in [5.41, 5.74) is 0. The molecule has 0 saturated carbocycles. The molecular weight excluding hydrogens is 386 g/mol. The van der Waals surface area contributed by atoms with Crippen molar-refractivity contribution in [3.8, 4) is 11.5 Å². The molecule has 0 spiro atoms. The van der Waals surface area contributed by atoms with Gasteiger partial charge in [0.1, 0.15) is 5.25 Å². The second-order valence-electron chi connectivity index (χ2n) is 5.32. The van der Waals surface area contributed by atoms with Gasteiger partial charge in [0, 0.05) is 17.5 Å². The second-order valence-corrected chi connectivity index (χ2v) is 10.5. The minimum atomic E-state index is -3.83. The van der Waals surface area contributed by atoms with Crippen LogP contribution in [0.2, 0.25) is 0 Å².